The quantitative estimate of drug-likeness (QED) is 0.663. The Hall–Kier alpha value is -2.46. The van der Waals surface area contributed by atoms with E-state index in [9.17, 15) is 9.18 Å². The van der Waals surface area contributed by atoms with Gasteiger partial charge in [-0.2, -0.15) is 5.10 Å². The summed E-state index contributed by atoms with van der Waals surface area (Å²) in [5, 5.41) is 4.42. The standard InChI is InChI=1S/C17H14ClFN2O/c1-12(9-10-13-5-2-3-8-16(13)19)20-21-17(22)14-6-4-7-15(18)11-14/h2-11H,1H3,(H,21,22)/b10-9+,20-12?. The number of hydrazone groups is 1. The summed E-state index contributed by atoms with van der Waals surface area (Å²) in [5.41, 5.74) is 3.84. The van der Waals surface area contributed by atoms with Crippen LogP contribution in [-0.2, 0) is 0 Å². The van der Waals surface area contributed by atoms with Crippen LogP contribution in [0.2, 0.25) is 5.02 Å². The van der Waals surface area contributed by atoms with E-state index in [1.165, 1.54) is 6.07 Å². The van der Waals surface area contributed by atoms with Crippen LogP contribution in [0.4, 0.5) is 4.39 Å². The fourth-order valence-electron chi connectivity index (χ4n) is 1.69. The molecule has 2 rings (SSSR count). The molecule has 0 saturated carbocycles. The van der Waals surface area contributed by atoms with Crippen LogP contribution in [0.25, 0.3) is 6.08 Å². The third-order valence-corrected chi connectivity index (χ3v) is 3.07. The van der Waals surface area contributed by atoms with Gasteiger partial charge in [0.15, 0.2) is 0 Å². The van der Waals surface area contributed by atoms with Crippen molar-refractivity contribution >= 4 is 29.3 Å². The van der Waals surface area contributed by atoms with Crippen molar-refractivity contribution in [2.75, 3.05) is 0 Å². The predicted molar refractivity (Wildman–Crippen MR) is 87.5 cm³/mol. The highest BCUT2D eigenvalue weighted by Crippen LogP contribution is 2.10. The Kier molecular flexibility index (Phi) is 5.44. The minimum Gasteiger partial charge on any atom is -0.267 e. The molecule has 0 spiro atoms. The van der Waals surface area contributed by atoms with Crippen molar-refractivity contribution < 1.29 is 9.18 Å². The smallest absolute Gasteiger partial charge is 0.267 e. The topological polar surface area (TPSA) is 41.5 Å². The van der Waals surface area contributed by atoms with Gasteiger partial charge in [-0.3, -0.25) is 4.79 Å². The first-order chi connectivity index (χ1) is 10.6. The van der Waals surface area contributed by atoms with Crippen molar-refractivity contribution in [1.82, 2.24) is 5.43 Å². The molecule has 0 aliphatic rings. The average molecular weight is 317 g/mol. The van der Waals surface area contributed by atoms with Crippen molar-refractivity contribution in [3.05, 3.63) is 76.6 Å². The predicted octanol–water partition coefficient (Wildman–Crippen LogP) is 4.30. The first-order valence-corrected chi connectivity index (χ1v) is 6.97. The van der Waals surface area contributed by atoms with Gasteiger partial charge in [0, 0.05) is 16.1 Å². The molecular formula is C17H14ClFN2O. The van der Waals surface area contributed by atoms with Gasteiger partial charge in [0.1, 0.15) is 5.82 Å². The highest BCUT2D eigenvalue weighted by Gasteiger charge is 2.04. The normalized spacial score (nSPS) is 11.7. The van der Waals surface area contributed by atoms with Gasteiger partial charge in [0.2, 0.25) is 0 Å². The van der Waals surface area contributed by atoms with Crippen LogP contribution in [0.15, 0.2) is 59.7 Å². The Balaban J connectivity index is 2.01. The van der Waals surface area contributed by atoms with E-state index in [4.69, 9.17) is 11.6 Å². The summed E-state index contributed by atoms with van der Waals surface area (Å²) in [7, 11) is 0. The van der Waals surface area contributed by atoms with E-state index >= 15 is 0 Å². The lowest BCUT2D eigenvalue weighted by Gasteiger charge is -2.01. The molecule has 1 amide bonds. The molecule has 2 aromatic carbocycles. The summed E-state index contributed by atoms with van der Waals surface area (Å²) in [6.07, 6.45) is 3.22. The maximum atomic E-state index is 13.4. The van der Waals surface area contributed by atoms with Gasteiger partial charge in [-0.05, 0) is 37.3 Å². The number of amides is 1. The maximum absolute atomic E-state index is 13.4. The van der Waals surface area contributed by atoms with Crippen molar-refractivity contribution in [1.29, 1.82) is 0 Å². The van der Waals surface area contributed by atoms with Crippen molar-refractivity contribution in [3.8, 4) is 0 Å². The molecule has 0 fully saturated rings. The minimum absolute atomic E-state index is 0.311. The first kappa shape index (κ1) is 15.9. The number of carbonyl (C=O) groups is 1. The van der Waals surface area contributed by atoms with Crippen LogP contribution < -0.4 is 5.43 Å². The number of hydrogen-bond acceptors (Lipinski definition) is 2. The van der Waals surface area contributed by atoms with E-state index < -0.39 is 0 Å². The Bertz CT molecular complexity index is 741. The Labute approximate surface area is 133 Å². The average Bonchev–Trinajstić information content (AvgIpc) is 2.52. The number of carbonyl (C=O) groups excluding carboxylic acids is 1. The summed E-state index contributed by atoms with van der Waals surface area (Å²) in [6, 6.07) is 13.0. The molecule has 0 aromatic heterocycles. The Morgan fingerprint density at radius 1 is 1.23 bits per heavy atom. The van der Waals surface area contributed by atoms with E-state index in [-0.39, 0.29) is 11.7 Å². The summed E-state index contributed by atoms with van der Waals surface area (Å²) in [4.78, 5) is 11.9. The molecule has 0 bridgehead atoms. The van der Waals surface area contributed by atoms with E-state index in [0.29, 0.717) is 21.9 Å². The summed E-state index contributed by atoms with van der Waals surface area (Å²) < 4.78 is 13.4. The van der Waals surface area contributed by atoms with E-state index in [0.717, 1.165) is 0 Å². The molecule has 1 N–H and O–H groups in total. The summed E-state index contributed by atoms with van der Waals surface area (Å²) in [6.45, 7) is 1.70. The van der Waals surface area contributed by atoms with Gasteiger partial charge < -0.3 is 0 Å². The lowest BCUT2D eigenvalue weighted by molar-refractivity contribution is 0.0955. The van der Waals surface area contributed by atoms with E-state index in [2.05, 4.69) is 10.5 Å². The first-order valence-electron chi connectivity index (χ1n) is 6.59. The second kappa shape index (κ2) is 7.52. The van der Waals surface area contributed by atoms with Crippen molar-refractivity contribution in [2.45, 2.75) is 6.92 Å². The van der Waals surface area contributed by atoms with Crippen LogP contribution in [-0.4, -0.2) is 11.6 Å². The van der Waals surface area contributed by atoms with Gasteiger partial charge in [0.25, 0.3) is 5.91 Å². The third kappa shape index (κ3) is 4.53. The molecule has 22 heavy (non-hydrogen) atoms. The van der Waals surface area contributed by atoms with Gasteiger partial charge in [-0.1, -0.05) is 41.9 Å². The minimum atomic E-state index is -0.360. The van der Waals surface area contributed by atoms with Crippen LogP contribution in [0.3, 0.4) is 0 Å². The van der Waals surface area contributed by atoms with Gasteiger partial charge >= 0.3 is 0 Å². The fourth-order valence-corrected chi connectivity index (χ4v) is 1.88. The SMILES string of the molecule is CC(/C=C/c1ccccc1F)=NNC(=O)c1cccc(Cl)c1. The van der Waals surface area contributed by atoms with Crippen LogP contribution in [0, 0.1) is 5.82 Å². The number of allylic oxidation sites excluding steroid dienone is 1. The van der Waals surface area contributed by atoms with Crippen LogP contribution in [0.5, 0.6) is 0 Å². The molecule has 3 nitrogen and oxygen atoms in total. The zero-order valence-corrected chi connectivity index (χ0v) is 12.6. The number of nitrogens with zero attached hydrogens (tertiary/aromatic N) is 1. The Morgan fingerprint density at radius 3 is 2.73 bits per heavy atom. The highest BCUT2D eigenvalue weighted by molar-refractivity contribution is 6.30. The zero-order chi connectivity index (χ0) is 15.9. The van der Waals surface area contributed by atoms with Crippen LogP contribution in [0.1, 0.15) is 22.8 Å². The lowest BCUT2D eigenvalue weighted by atomic mass is 10.2. The molecule has 0 saturated heterocycles. The molecule has 0 aliphatic carbocycles. The molecule has 0 unspecified atom stereocenters. The number of nitrogens with one attached hydrogen (secondary N) is 1. The third-order valence-electron chi connectivity index (χ3n) is 2.83. The zero-order valence-electron chi connectivity index (χ0n) is 11.9. The monoisotopic (exact) mass is 316 g/mol. The number of halogens is 2. The van der Waals surface area contributed by atoms with E-state index in [1.807, 2.05) is 0 Å². The molecule has 2 aromatic rings. The fraction of sp³-hybridized carbons (Fsp3) is 0.0588. The van der Waals surface area contributed by atoms with Gasteiger partial charge in [0.05, 0.1) is 5.71 Å². The lowest BCUT2D eigenvalue weighted by Crippen LogP contribution is -2.18. The molecule has 0 heterocycles. The molecule has 0 radical (unpaired) electrons. The second-order valence-corrected chi connectivity index (χ2v) is 5.00. The molecular weight excluding hydrogens is 303 g/mol. The van der Waals surface area contributed by atoms with Crippen molar-refractivity contribution in [2.24, 2.45) is 5.10 Å². The molecule has 0 atom stereocenters. The van der Waals surface area contributed by atoms with Gasteiger partial charge in [-0.25, -0.2) is 9.82 Å². The Morgan fingerprint density at radius 2 is 2.00 bits per heavy atom. The van der Waals surface area contributed by atoms with Crippen molar-refractivity contribution in [3.63, 3.8) is 0 Å². The van der Waals surface area contributed by atoms with Crippen LogP contribution >= 0.6 is 11.6 Å². The molecule has 112 valence electrons. The molecule has 5 heteroatoms. The van der Waals surface area contributed by atoms with E-state index in [1.54, 1.807) is 61.5 Å². The number of hydrogen-bond donors (Lipinski definition) is 1. The summed E-state index contributed by atoms with van der Waals surface area (Å²) in [5.74, 6) is -0.671. The molecule has 0 aliphatic heterocycles. The highest BCUT2D eigenvalue weighted by atomic mass is 35.5. The second-order valence-electron chi connectivity index (χ2n) is 4.56. The largest absolute Gasteiger partial charge is 0.271 e. The summed E-state index contributed by atoms with van der Waals surface area (Å²) >= 11 is 5.82. The number of rotatable bonds is 4. The van der Waals surface area contributed by atoms with Gasteiger partial charge in [-0.15, -0.1) is 0 Å². The maximum Gasteiger partial charge on any atom is 0.271 e. The number of benzene rings is 2.